The summed E-state index contributed by atoms with van der Waals surface area (Å²) in [6.07, 6.45) is -5.22. The fourth-order valence-corrected chi connectivity index (χ4v) is 1.21. The maximum absolute atomic E-state index is 12.8. The lowest BCUT2D eigenvalue weighted by Crippen LogP contribution is -2.13. The quantitative estimate of drug-likeness (QED) is 0.582. The van der Waals surface area contributed by atoms with Crippen molar-refractivity contribution >= 4 is 5.97 Å². The molecule has 0 fully saturated rings. The van der Waals surface area contributed by atoms with E-state index in [4.69, 9.17) is 0 Å². The van der Waals surface area contributed by atoms with Crippen molar-refractivity contribution in [1.82, 2.24) is 0 Å². The van der Waals surface area contributed by atoms with E-state index in [1.807, 2.05) is 0 Å². The van der Waals surface area contributed by atoms with Crippen LogP contribution in [0.1, 0.15) is 11.1 Å². The normalized spacial score (nSPS) is 11.3. The van der Waals surface area contributed by atoms with Gasteiger partial charge in [-0.3, -0.25) is 4.79 Å². The van der Waals surface area contributed by atoms with E-state index in [1.54, 1.807) is 0 Å². The zero-order chi connectivity index (χ0) is 12.3. The summed E-state index contributed by atoms with van der Waals surface area (Å²) >= 11 is 0. The SMILES string of the molecule is COC(=O)Cc1cc(F)ccc1C(F)(F)F. The highest BCUT2D eigenvalue weighted by molar-refractivity contribution is 5.73. The Bertz CT molecular complexity index is 398. The smallest absolute Gasteiger partial charge is 0.416 e. The topological polar surface area (TPSA) is 26.3 Å². The molecule has 88 valence electrons. The Morgan fingerprint density at radius 3 is 2.50 bits per heavy atom. The fraction of sp³-hybridized carbons (Fsp3) is 0.300. The molecule has 0 aliphatic heterocycles. The summed E-state index contributed by atoms with van der Waals surface area (Å²) in [5.41, 5.74) is -1.46. The van der Waals surface area contributed by atoms with E-state index in [0.29, 0.717) is 18.2 Å². The average molecular weight is 236 g/mol. The number of ether oxygens (including phenoxy) is 1. The molecule has 0 radical (unpaired) electrons. The van der Waals surface area contributed by atoms with Gasteiger partial charge in [0.1, 0.15) is 5.82 Å². The van der Waals surface area contributed by atoms with Crippen molar-refractivity contribution in [2.45, 2.75) is 12.6 Å². The van der Waals surface area contributed by atoms with E-state index >= 15 is 0 Å². The van der Waals surface area contributed by atoms with E-state index in [9.17, 15) is 22.4 Å². The average Bonchev–Trinajstić information content (AvgIpc) is 2.15. The summed E-state index contributed by atoms with van der Waals surface area (Å²) in [5.74, 6) is -1.68. The molecule has 16 heavy (non-hydrogen) atoms. The maximum atomic E-state index is 12.8. The van der Waals surface area contributed by atoms with Gasteiger partial charge in [-0.2, -0.15) is 13.2 Å². The first-order chi connectivity index (χ1) is 7.34. The maximum Gasteiger partial charge on any atom is 0.416 e. The van der Waals surface area contributed by atoms with Crippen molar-refractivity contribution in [3.05, 3.63) is 35.1 Å². The third-order valence-corrected chi connectivity index (χ3v) is 1.94. The highest BCUT2D eigenvalue weighted by Gasteiger charge is 2.33. The standard InChI is InChI=1S/C10H8F4O2/c1-16-9(15)5-6-4-7(11)2-3-8(6)10(12,13)14/h2-4H,5H2,1H3. The lowest BCUT2D eigenvalue weighted by atomic mass is 10.0. The van der Waals surface area contributed by atoms with Crippen molar-refractivity contribution < 1.29 is 27.1 Å². The lowest BCUT2D eigenvalue weighted by molar-refractivity contribution is -0.141. The van der Waals surface area contributed by atoms with Crippen LogP contribution in [0.2, 0.25) is 0 Å². The molecule has 0 N–H and O–H groups in total. The summed E-state index contributed by atoms with van der Waals surface area (Å²) in [5, 5.41) is 0. The molecule has 0 unspecified atom stereocenters. The molecule has 0 aliphatic carbocycles. The number of methoxy groups -OCH3 is 1. The number of hydrogen-bond acceptors (Lipinski definition) is 2. The molecule has 1 rings (SSSR count). The van der Waals surface area contributed by atoms with Gasteiger partial charge in [0.25, 0.3) is 0 Å². The van der Waals surface area contributed by atoms with E-state index in [2.05, 4.69) is 4.74 Å². The van der Waals surface area contributed by atoms with Crippen molar-refractivity contribution in [1.29, 1.82) is 0 Å². The predicted molar refractivity (Wildman–Crippen MR) is 47.1 cm³/mol. The second-order valence-corrected chi connectivity index (χ2v) is 3.05. The van der Waals surface area contributed by atoms with Gasteiger partial charge in [0.05, 0.1) is 19.1 Å². The van der Waals surface area contributed by atoms with E-state index in [1.165, 1.54) is 0 Å². The largest absolute Gasteiger partial charge is 0.469 e. The van der Waals surface area contributed by atoms with Crippen LogP contribution in [-0.2, 0) is 22.1 Å². The number of hydrogen-bond donors (Lipinski definition) is 0. The van der Waals surface area contributed by atoms with Crippen molar-refractivity contribution in [2.24, 2.45) is 0 Å². The first kappa shape index (κ1) is 12.5. The van der Waals surface area contributed by atoms with Gasteiger partial charge in [0, 0.05) is 0 Å². The molecule has 0 spiro atoms. The third kappa shape index (κ3) is 2.95. The molecular weight excluding hydrogens is 228 g/mol. The van der Waals surface area contributed by atoms with Crippen molar-refractivity contribution in [2.75, 3.05) is 7.11 Å². The summed E-state index contributed by atoms with van der Waals surface area (Å²) in [6.45, 7) is 0. The van der Waals surface area contributed by atoms with Gasteiger partial charge in [-0.15, -0.1) is 0 Å². The van der Waals surface area contributed by atoms with Gasteiger partial charge in [-0.25, -0.2) is 4.39 Å². The molecule has 0 atom stereocenters. The van der Waals surface area contributed by atoms with Crippen LogP contribution in [-0.4, -0.2) is 13.1 Å². The van der Waals surface area contributed by atoms with Gasteiger partial charge in [-0.1, -0.05) is 0 Å². The molecule has 0 amide bonds. The highest BCUT2D eigenvalue weighted by Crippen LogP contribution is 2.32. The number of esters is 1. The van der Waals surface area contributed by atoms with Crippen LogP contribution in [0.5, 0.6) is 0 Å². The molecule has 0 aromatic heterocycles. The number of rotatable bonds is 2. The van der Waals surface area contributed by atoms with Crippen LogP contribution in [0, 0.1) is 5.82 Å². The van der Waals surface area contributed by atoms with Gasteiger partial charge in [0.15, 0.2) is 0 Å². The molecule has 6 heteroatoms. The molecule has 0 aliphatic rings. The Morgan fingerprint density at radius 2 is 2.00 bits per heavy atom. The Morgan fingerprint density at radius 1 is 1.38 bits per heavy atom. The molecule has 1 aromatic rings. The number of carbonyl (C=O) groups excluding carboxylic acids is 1. The molecule has 2 nitrogen and oxygen atoms in total. The zero-order valence-corrected chi connectivity index (χ0v) is 8.27. The Balaban J connectivity index is 3.13. The number of alkyl halides is 3. The molecule has 0 saturated carbocycles. The third-order valence-electron chi connectivity index (χ3n) is 1.94. The van der Waals surface area contributed by atoms with Crippen molar-refractivity contribution in [3.8, 4) is 0 Å². The van der Waals surface area contributed by atoms with E-state index in [0.717, 1.165) is 7.11 Å². The van der Waals surface area contributed by atoms with E-state index < -0.39 is 35.5 Å². The van der Waals surface area contributed by atoms with Crippen LogP contribution in [0.3, 0.4) is 0 Å². The Hall–Kier alpha value is -1.59. The minimum atomic E-state index is -4.61. The Labute approximate surface area is 88.8 Å². The summed E-state index contributed by atoms with van der Waals surface area (Å²) < 4.78 is 54.4. The van der Waals surface area contributed by atoms with Gasteiger partial charge in [-0.05, 0) is 23.8 Å². The highest BCUT2D eigenvalue weighted by atomic mass is 19.4. The fourth-order valence-electron chi connectivity index (χ4n) is 1.21. The van der Waals surface area contributed by atoms with Gasteiger partial charge >= 0.3 is 12.1 Å². The molecular formula is C10H8F4O2. The second-order valence-electron chi connectivity index (χ2n) is 3.05. The summed E-state index contributed by atoms with van der Waals surface area (Å²) in [6, 6.07) is 1.98. The van der Waals surface area contributed by atoms with Crippen molar-refractivity contribution in [3.63, 3.8) is 0 Å². The number of halogens is 4. The molecule has 1 aromatic carbocycles. The van der Waals surface area contributed by atoms with E-state index in [-0.39, 0.29) is 0 Å². The van der Waals surface area contributed by atoms with Gasteiger partial charge < -0.3 is 4.74 Å². The van der Waals surface area contributed by atoms with Gasteiger partial charge in [0.2, 0.25) is 0 Å². The lowest BCUT2D eigenvalue weighted by Gasteiger charge is -2.11. The number of benzene rings is 1. The minimum absolute atomic E-state index is 0.431. The minimum Gasteiger partial charge on any atom is -0.469 e. The summed E-state index contributed by atoms with van der Waals surface area (Å²) in [7, 11) is 1.05. The monoisotopic (exact) mass is 236 g/mol. The zero-order valence-electron chi connectivity index (χ0n) is 8.27. The van der Waals surface area contributed by atoms with Crippen LogP contribution in [0.4, 0.5) is 17.6 Å². The molecule has 0 bridgehead atoms. The van der Waals surface area contributed by atoms with Crippen LogP contribution in [0.25, 0.3) is 0 Å². The molecule has 0 heterocycles. The summed E-state index contributed by atoms with van der Waals surface area (Å²) in [4.78, 5) is 10.9. The van der Waals surface area contributed by atoms with Crippen LogP contribution in [0.15, 0.2) is 18.2 Å². The first-order valence-electron chi connectivity index (χ1n) is 4.27. The van der Waals surface area contributed by atoms with Crippen LogP contribution >= 0.6 is 0 Å². The second kappa shape index (κ2) is 4.51. The first-order valence-corrected chi connectivity index (χ1v) is 4.27. The Kier molecular flexibility index (Phi) is 3.51. The predicted octanol–water partition coefficient (Wildman–Crippen LogP) is 2.56. The molecule has 0 saturated heterocycles. The number of carbonyl (C=O) groups is 1. The van der Waals surface area contributed by atoms with Crippen LogP contribution < -0.4 is 0 Å².